The topological polar surface area (TPSA) is 109 Å². The van der Waals surface area contributed by atoms with Gasteiger partial charge in [0.1, 0.15) is 12.0 Å². The first-order valence-corrected chi connectivity index (χ1v) is 9.02. The van der Waals surface area contributed by atoms with Gasteiger partial charge in [0, 0.05) is 43.9 Å². The molecular weight excluding hydrogens is 364 g/mol. The molecule has 3 rings (SSSR count). The fraction of sp³-hybridized carbons (Fsp3) is 0.368. The van der Waals surface area contributed by atoms with Gasteiger partial charge in [-0.25, -0.2) is 0 Å². The summed E-state index contributed by atoms with van der Waals surface area (Å²) in [5.74, 6) is -0.469. The number of carbonyl (C=O) groups excluding carboxylic acids is 2. The van der Waals surface area contributed by atoms with Crippen LogP contribution in [0.2, 0.25) is 0 Å². The van der Waals surface area contributed by atoms with Crippen LogP contribution < -0.4 is 10.2 Å². The van der Waals surface area contributed by atoms with Gasteiger partial charge in [0.05, 0.1) is 16.7 Å². The second kappa shape index (κ2) is 8.12. The molecule has 1 N–H and O–H groups in total. The first-order valence-electron chi connectivity index (χ1n) is 9.02. The lowest BCUT2D eigenvalue weighted by Gasteiger charge is -2.35. The van der Waals surface area contributed by atoms with Gasteiger partial charge in [0.2, 0.25) is 0 Å². The second-order valence-corrected chi connectivity index (χ2v) is 6.88. The second-order valence-electron chi connectivity index (χ2n) is 6.88. The van der Waals surface area contributed by atoms with Gasteiger partial charge in [-0.3, -0.25) is 19.7 Å². The number of furan rings is 1. The van der Waals surface area contributed by atoms with Crippen molar-refractivity contribution >= 4 is 23.2 Å². The number of hydrogen-bond acceptors (Lipinski definition) is 6. The molecule has 28 heavy (non-hydrogen) atoms. The Morgan fingerprint density at radius 1 is 1.14 bits per heavy atom. The van der Waals surface area contributed by atoms with E-state index in [0.29, 0.717) is 37.4 Å². The molecule has 0 aliphatic carbocycles. The van der Waals surface area contributed by atoms with Crippen LogP contribution in [0.3, 0.4) is 0 Å². The Labute approximate surface area is 162 Å². The van der Waals surface area contributed by atoms with Gasteiger partial charge in [-0.1, -0.05) is 0 Å². The van der Waals surface area contributed by atoms with Crippen LogP contribution in [0.5, 0.6) is 0 Å². The Kier molecular flexibility index (Phi) is 5.62. The van der Waals surface area contributed by atoms with Gasteiger partial charge in [0.15, 0.2) is 0 Å². The van der Waals surface area contributed by atoms with E-state index >= 15 is 0 Å². The number of hydrogen-bond donors (Lipinski definition) is 1. The van der Waals surface area contributed by atoms with Crippen molar-refractivity contribution in [2.75, 3.05) is 31.1 Å². The summed E-state index contributed by atoms with van der Waals surface area (Å²) in [7, 11) is 0. The lowest BCUT2D eigenvalue weighted by Crippen LogP contribution is -2.48. The van der Waals surface area contributed by atoms with E-state index in [2.05, 4.69) is 5.32 Å². The molecule has 148 valence electrons. The van der Waals surface area contributed by atoms with Gasteiger partial charge in [-0.2, -0.15) is 0 Å². The maximum Gasteiger partial charge on any atom is 0.293 e. The van der Waals surface area contributed by atoms with Crippen LogP contribution in [-0.2, 0) is 0 Å². The number of rotatable bonds is 5. The lowest BCUT2D eigenvalue weighted by molar-refractivity contribution is -0.384. The largest absolute Gasteiger partial charge is 0.472 e. The Morgan fingerprint density at radius 2 is 1.86 bits per heavy atom. The van der Waals surface area contributed by atoms with E-state index in [-0.39, 0.29) is 29.1 Å². The molecule has 0 unspecified atom stereocenters. The molecule has 0 saturated carbocycles. The van der Waals surface area contributed by atoms with Crippen LogP contribution in [0.15, 0.2) is 41.2 Å². The monoisotopic (exact) mass is 386 g/mol. The summed E-state index contributed by atoms with van der Waals surface area (Å²) < 4.78 is 4.95. The minimum atomic E-state index is -0.482. The molecule has 2 heterocycles. The fourth-order valence-electron chi connectivity index (χ4n) is 3.14. The molecule has 1 aliphatic heterocycles. The van der Waals surface area contributed by atoms with Gasteiger partial charge < -0.3 is 19.5 Å². The molecule has 0 atom stereocenters. The van der Waals surface area contributed by atoms with Gasteiger partial charge in [0.25, 0.3) is 17.5 Å². The zero-order chi connectivity index (χ0) is 20.3. The number of nitro benzene ring substituents is 1. The van der Waals surface area contributed by atoms with Crippen molar-refractivity contribution in [3.05, 3.63) is 58.0 Å². The number of anilines is 1. The fourth-order valence-corrected chi connectivity index (χ4v) is 3.14. The molecule has 0 spiro atoms. The first kappa shape index (κ1) is 19.4. The number of nitrogens with zero attached hydrogens (tertiary/aromatic N) is 3. The molecule has 1 aliphatic rings. The normalized spacial score (nSPS) is 14.2. The van der Waals surface area contributed by atoms with Crippen LogP contribution in [0.4, 0.5) is 11.4 Å². The van der Waals surface area contributed by atoms with Crippen molar-refractivity contribution in [2.45, 2.75) is 19.9 Å². The Hall–Kier alpha value is -3.36. The highest BCUT2D eigenvalue weighted by atomic mass is 16.6. The Morgan fingerprint density at radius 3 is 2.43 bits per heavy atom. The Balaban J connectivity index is 1.74. The van der Waals surface area contributed by atoms with E-state index in [1.165, 1.54) is 18.6 Å². The minimum Gasteiger partial charge on any atom is -0.472 e. The molecule has 9 nitrogen and oxygen atoms in total. The SMILES string of the molecule is CC(C)NC(=O)c1ccc(N2CCN(C(=O)c3ccoc3)CC2)c([N+](=O)[O-])c1. The smallest absolute Gasteiger partial charge is 0.293 e. The van der Waals surface area contributed by atoms with Crippen LogP contribution in [-0.4, -0.2) is 53.9 Å². The summed E-state index contributed by atoms with van der Waals surface area (Å²) in [5.41, 5.74) is 1.06. The highest BCUT2D eigenvalue weighted by Crippen LogP contribution is 2.30. The molecule has 0 radical (unpaired) electrons. The summed E-state index contributed by atoms with van der Waals surface area (Å²) >= 11 is 0. The van der Waals surface area contributed by atoms with Crippen LogP contribution in [0, 0.1) is 10.1 Å². The minimum absolute atomic E-state index is 0.0629. The average molecular weight is 386 g/mol. The predicted octanol–water partition coefficient (Wildman–Crippen LogP) is 2.29. The molecule has 9 heteroatoms. The van der Waals surface area contributed by atoms with E-state index in [0.717, 1.165) is 0 Å². The summed E-state index contributed by atoms with van der Waals surface area (Å²) in [5, 5.41) is 14.3. The van der Waals surface area contributed by atoms with Crippen LogP contribution in [0.25, 0.3) is 0 Å². The highest BCUT2D eigenvalue weighted by molar-refractivity contribution is 5.96. The molecule has 0 bridgehead atoms. The van der Waals surface area contributed by atoms with Crippen LogP contribution in [0.1, 0.15) is 34.6 Å². The van der Waals surface area contributed by atoms with Gasteiger partial charge >= 0.3 is 0 Å². The van der Waals surface area contributed by atoms with E-state index in [4.69, 9.17) is 4.42 Å². The van der Waals surface area contributed by atoms with Crippen molar-refractivity contribution < 1.29 is 18.9 Å². The highest BCUT2D eigenvalue weighted by Gasteiger charge is 2.27. The number of benzene rings is 1. The van der Waals surface area contributed by atoms with Crippen molar-refractivity contribution in [1.29, 1.82) is 0 Å². The summed E-state index contributed by atoms with van der Waals surface area (Å²) in [4.78, 5) is 39.2. The van der Waals surface area contributed by atoms with Gasteiger partial charge in [-0.05, 0) is 32.0 Å². The third-order valence-corrected chi connectivity index (χ3v) is 4.53. The van der Waals surface area contributed by atoms with Crippen molar-refractivity contribution in [2.24, 2.45) is 0 Å². The maximum atomic E-state index is 12.4. The van der Waals surface area contributed by atoms with E-state index in [1.54, 1.807) is 23.1 Å². The van der Waals surface area contributed by atoms with Crippen molar-refractivity contribution in [1.82, 2.24) is 10.2 Å². The molecule has 1 aromatic heterocycles. The first-order chi connectivity index (χ1) is 13.4. The number of piperazine rings is 1. The third-order valence-electron chi connectivity index (χ3n) is 4.53. The zero-order valence-corrected chi connectivity index (χ0v) is 15.8. The summed E-state index contributed by atoms with van der Waals surface area (Å²) in [6.45, 7) is 5.45. The number of nitrogens with one attached hydrogen (secondary N) is 1. The molecule has 1 fully saturated rings. The maximum absolute atomic E-state index is 12.4. The Bertz CT molecular complexity index is 870. The quantitative estimate of drug-likeness (QED) is 0.624. The molecule has 2 aromatic rings. The van der Waals surface area contributed by atoms with E-state index in [1.807, 2.05) is 18.7 Å². The third kappa shape index (κ3) is 4.13. The molecule has 1 saturated heterocycles. The van der Waals surface area contributed by atoms with Crippen molar-refractivity contribution in [3.63, 3.8) is 0 Å². The zero-order valence-electron chi connectivity index (χ0n) is 15.8. The number of carbonyl (C=O) groups is 2. The van der Waals surface area contributed by atoms with Crippen molar-refractivity contribution in [3.8, 4) is 0 Å². The summed E-state index contributed by atoms with van der Waals surface area (Å²) in [6, 6.07) is 6.03. The van der Waals surface area contributed by atoms with E-state index < -0.39 is 4.92 Å². The molecule has 2 amide bonds. The lowest BCUT2D eigenvalue weighted by atomic mass is 10.1. The van der Waals surface area contributed by atoms with Gasteiger partial charge in [-0.15, -0.1) is 0 Å². The standard InChI is InChI=1S/C19H22N4O5/c1-13(2)20-18(24)14-3-4-16(17(11-14)23(26)27)21-6-8-22(9-7-21)19(25)15-5-10-28-12-15/h3-5,10-13H,6-9H2,1-2H3,(H,20,24). The predicted molar refractivity (Wildman–Crippen MR) is 103 cm³/mol. The number of amides is 2. The van der Waals surface area contributed by atoms with E-state index in [9.17, 15) is 19.7 Å². The molecule has 1 aromatic carbocycles. The number of nitro groups is 1. The summed E-state index contributed by atoms with van der Waals surface area (Å²) in [6.07, 6.45) is 2.85. The molecular formula is C19H22N4O5. The van der Waals surface area contributed by atoms with Crippen LogP contribution >= 0.6 is 0 Å². The average Bonchev–Trinajstić information content (AvgIpc) is 3.21.